The van der Waals surface area contributed by atoms with Gasteiger partial charge in [-0.3, -0.25) is 9.69 Å². The molecule has 2 heterocycles. The van der Waals surface area contributed by atoms with Crippen molar-refractivity contribution in [3.8, 4) is 0 Å². The van der Waals surface area contributed by atoms with Crippen LogP contribution in [-0.4, -0.2) is 46.9 Å². The molecular weight excluding hydrogens is 325 g/mol. The summed E-state index contributed by atoms with van der Waals surface area (Å²) in [6, 6.07) is 6.38. The van der Waals surface area contributed by atoms with Crippen molar-refractivity contribution in [2.75, 3.05) is 26.2 Å². The zero-order chi connectivity index (χ0) is 16.9. The molecule has 0 bridgehead atoms. The highest BCUT2D eigenvalue weighted by Gasteiger charge is 2.21. The Hall–Kier alpha value is -1.79. The summed E-state index contributed by atoms with van der Waals surface area (Å²) in [5.74, 6) is -0.0556. The van der Waals surface area contributed by atoms with Crippen LogP contribution in [0.15, 0.2) is 29.6 Å². The minimum atomic E-state index is -0.239. The summed E-state index contributed by atoms with van der Waals surface area (Å²) < 4.78 is 12.9. The van der Waals surface area contributed by atoms with E-state index in [0.717, 1.165) is 49.0 Å². The molecule has 0 aliphatic carbocycles. The molecule has 0 radical (unpaired) electrons. The van der Waals surface area contributed by atoms with Gasteiger partial charge in [-0.25, -0.2) is 9.37 Å². The van der Waals surface area contributed by atoms with Gasteiger partial charge in [0, 0.05) is 44.5 Å². The lowest BCUT2D eigenvalue weighted by atomic mass is 10.1. The highest BCUT2D eigenvalue weighted by atomic mass is 32.1. The fourth-order valence-corrected chi connectivity index (χ4v) is 3.53. The first-order chi connectivity index (χ1) is 11.6. The Labute approximate surface area is 145 Å². The summed E-state index contributed by atoms with van der Waals surface area (Å²) in [7, 11) is 0. The van der Waals surface area contributed by atoms with Crippen LogP contribution in [0.25, 0.3) is 0 Å². The van der Waals surface area contributed by atoms with Crippen LogP contribution in [0.2, 0.25) is 0 Å². The van der Waals surface area contributed by atoms with Gasteiger partial charge >= 0.3 is 0 Å². The maximum Gasteiger partial charge on any atom is 0.222 e. The number of aryl methyl sites for hydroxylation is 2. The Bertz CT molecular complexity index is 678. The summed E-state index contributed by atoms with van der Waals surface area (Å²) in [5, 5.41) is 3.20. The summed E-state index contributed by atoms with van der Waals surface area (Å²) in [4.78, 5) is 21.1. The Balaban J connectivity index is 1.42. The normalized spacial score (nSPS) is 15.7. The molecule has 0 atom stereocenters. The van der Waals surface area contributed by atoms with Gasteiger partial charge in [0.05, 0.1) is 10.7 Å². The standard InChI is InChI=1S/C18H22FN3OS/c1-14-20-17(13-24-14)12-21-8-10-22(11-9-21)18(23)7-4-15-2-5-16(19)6-3-15/h2-3,5-6,13H,4,7-12H2,1H3. The lowest BCUT2D eigenvalue weighted by Crippen LogP contribution is -2.48. The molecule has 6 heteroatoms. The number of amides is 1. The molecule has 0 saturated carbocycles. The number of thiazole rings is 1. The number of aromatic nitrogens is 1. The molecule has 1 aliphatic rings. The number of hydrogen-bond acceptors (Lipinski definition) is 4. The van der Waals surface area contributed by atoms with Crippen molar-refractivity contribution >= 4 is 17.2 Å². The maximum absolute atomic E-state index is 12.9. The topological polar surface area (TPSA) is 36.4 Å². The molecule has 3 rings (SSSR count). The molecule has 1 aliphatic heterocycles. The number of rotatable bonds is 5. The van der Waals surface area contributed by atoms with E-state index in [-0.39, 0.29) is 11.7 Å². The average molecular weight is 347 g/mol. The van der Waals surface area contributed by atoms with Crippen molar-refractivity contribution < 1.29 is 9.18 Å². The molecule has 1 amide bonds. The zero-order valence-electron chi connectivity index (χ0n) is 13.9. The monoisotopic (exact) mass is 347 g/mol. The van der Waals surface area contributed by atoms with Crippen LogP contribution >= 0.6 is 11.3 Å². The Kier molecular flexibility index (Phi) is 5.58. The second kappa shape index (κ2) is 7.85. The van der Waals surface area contributed by atoms with Gasteiger partial charge < -0.3 is 4.90 Å². The molecule has 128 valence electrons. The van der Waals surface area contributed by atoms with Gasteiger partial charge in [0.15, 0.2) is 0 Å². The van der Waals surface area contributed by atoms with Gasteiger partial charge in [-0.15, -0.1) is 11.3 Å². The van der Waals surface area contributed by atoms with E-state index in [1.807, 2.05) is 11.8 Å². The smallest absolute Gasteiger partial charge is 0.222 e. The summed E-state index contributed by atoms with van der Waals surface area (Å²) in [6.07, 6.45) is 1.15. The lowest BCUT2D eigenvalue weighted by molar-refractivity contribution is -0.133. The van der Waals surface area contributed by atoms with Crippen molar-refractivity contribution in [2.24, 2.45) is 0 Å². The third kappa shape index (κ3) is 4.61. The molecule has 1 fully saturated rings. The van der Waals surface area contributed by atoms with Crippen molar-refractivity contribution in [3.05, 3.63) is 51.7 Å². The highest BCUT2D eigenvalue weighted by Crippen LogP contribution is 2.13. The predicted octanol–water partition coefficient (Wildman–Crippen LogP) is 2.87. The fraction of sp³-hybridized carbons (Fsp3) is 0.444. The summed E-state index contributed by atoms with van der Waals surface area (Å²) >= 11 is 1.68. The van der Waals surface area contributed by atoms with Crippen molar-refractivity contribution in [2.45, 2.75) is 26.3 Å². The highest BCUT2D eigenvalue weighted by molar-refractivity contribution is 7.09. The van der Waals surface area contributed by atoms with Gasteiger partial charge in [-0.2, -0.15) is 0 Å². The van der Waals surface area contributed by atoms with Gasteiger partial charge in [0.25, 0.3) is 0 Å². The number of halogens is 1. The van der Waals surface area contributed by atoms with Gasteiger partial charge in [0.1, 0.15) is 5.82 Å². The summed E-state index contributed by atoms with van der Waals surface area (Å²) in [5.41, 5.74) is 2.12. The van der Waals surface area contributed by atoms with Crippen molar-refractivity contribution in [1.29, 1.82) is 0 Å². The zero-order valence-corrected chi connectivity index (χ0v) is 14.7. The lowest BCUT2D eigenvalue weighted by Gasteiger charge is -2.34. The van der Waals surface area contributed by atoms with Crippen LogP contribution in [0.3, 0.4) is 0 Å². The second-order valence-corrected chi connectivity index (χ2v) is 7.20. The average Bonchev–Trinajstić information content (AvgIpc) is 2.99. The molecule has 24 heavy (non-hydrogen) atoms. The largest absolute Gasteiger partial charge is 0.340 e. The van der Waals surface area contributed by atoms with Gasteiger partial charge in [0.2, 0.25) is 5.91 Å². The first-order valence-electron chi connectivity index (χ1n) is 8.26. The molecule has 1 aromatic heterocycles. The van der Waals surface area contributed by atoms with Crippen molar-refractivity contribution in [3.63, 3.8) is 0 Å². The Morgan fingerprint density at radius 3 is 2.54 bits per heavy atom. The first-order valence-corrected chi connectivity index (χ1v) is 9.14. The summed E-state index contributed by atoms with van der Waals surface area (Å²) in [6.45, 7) is 6.20. The molecule has 2 aromatic rings. The van der Waals surface area contributed by atoms with Crippen LogP contribution in [0.1, 0.15) is 22.7 Å². The van der Waals surface area contributed by atoms with E-state index >= 15 is 0 Å². The van der Waals surface area contributed by atoms with E-state index in [4.69, 9.17) is 0 Å². The minimum Gasteiger partial charge on any atom is -0.340 e. The SMILES string of the molecule is Cc1nc(CN2CCN(C(=O)CCc3ccc(F)cc3)CC2)cs1. The van der Waals surface area contributed by atoms with Crippen molar-refractivity contribution in [1.82, 2.24) is 14.8 Å². The van der Waals surface area contributed by atoms with E-state index in [9.17, 15) is 9.18 Å². The van der Waals surface area contributed by atoms with Gasteiger partial charge in [-0.1, -0.05) is 12.1 Å². The number of benzene rings is 1. The van der Waals surface area contributed by atoms with Crippen LogP contribution in [-0.2, 0) is 17.8 Å². The molecule has 1 aromatic carbocycles. The Morgan fingerprint density at radius 1 is 1.21 bits per heavy atom. The molecule has 0 N–H and O–H groups in total. The van der Waals surface area contributed by atoms with E-state index in [1.54, 1.807) is 23.5 Å². The number of carbonyl (C=O) groups is 1. The fourth-order valence-electron chi connectivity index (χ4n) is 2.93. The maximum atomic E-state index is 12.9. The Morgan fingerprint density at radius 2 is 1.92 bits per heavy atom. The molecule has 4 nitrogen and oxygen atoms in total. The van der Waals surface area contributed by atoms with E-state index in [2.05, 4.69) is 15.3 Å². The number of carbonyl (C=O) groups excluding carboxylic acids is 1. The minimum absolute atomic E-state index is 0.184. The molecule has 0 spiro atoms. The quantitative estimate of drug-likeness (QED) is 0.834. The van der Waals surface area contributed by atoms with E-state index < -0.39 is 0 Å². The third-order valence-corrected chi connectivity index (χ3v) is 5.14. The second-order valence-electron chi connectivity index (χ2n) is 6.14. The van der Waals surface area contributed by atoms with Crippen LogP contribution in [0.4, 0.5) is 4.39 Å². The molecule has 0 unspecified atom stereocenters. The predicted molar refractivity (Wildman–Crippen MR) is 93.4 cm³/mol. The van der Waals surface area contributed by atoms with Gasteiger partial charge in [-0.05, 0) is 31.0 Å². The molecule has 1 saturated heterocycles. The number of nitrogens with zero attached hydrogens (tertiary/aromatic N) is 3. The first kappa shape index (κ1) is 17.0. The molecular formula is C18H22FN3OS. The number of hydrogen-bond donors (Lipinski definition) is 0. The van der Waals surface area contributed by atoms with Crippen LogP contribution in [0.5, 0.6) is 0 Å². The van der Waals surface area contributed by atoms with Crippen LogP contribution < -0.4 is 0 Å². The van der Waals surface area contributed by atoms with E-state index in [1.165, 1.54) is 12.1 Å². The third-order valence-electron chi connectivity index (χ3n) is 4.32. The number of piperazine rings is 1. The van der Waals surface area contributed by atoms with E-state index in [0.29, 0.717) is 12.8 Å². The van der Waals surface area contributed by atoms with Crippen LogP contribution in [0, 0.1) is 12.7 Å².